The Morgan fingerprint density at radius 2 is 1.65 bits per heavy atom. The maximum atomic E-state index is 13.1. The summed E-state index contributed by atoms with van der Waals surface area (Å²) in [5, 5.41) is 5.21. The van der Waals surface area contributed by atoms with Crippen molar-refractivity contribution in [3.63, 3.8) is 0 Å². The molecule has 7 nitrogen and oxygen atoms in total. The fraction of sp³-hybridized carbons (Fsp3) is 0.207. The number of benzene rings is 3. The molecule has 0 bridgehead atoms. The molecule has 1 saturated heterocycles. The van der Waals surface area contributed by atoms with Crippen LogP contribution in [0.15, 0.2) is 78.9 Å². The fourth-order valence-corrected chi connectivity index (χ4v) is 4.86. The number of halogens is 1. The summed E-state index contributed by atoms with van der Waals surface area (Å²) >= 11 is 5.94. The molecule has 2 heterocycles. The Hall–Kier alpha value is -4.10. The lowest BCUT2D eigenvalue weighted by Gasteiger charge is -2.21. The van der Waals surface area contributed by atoms with Crippen molar-refractivity contribution in [3.05, 3.63) is 95.0 Å². The average Bonchev–Trinajstić information content (AvgIpc) is 3.38. The lowest BCUT2D eigenvalue weighted by atomic mass is 9.93. The number of rotatable bonds is 8. The van der Waals surface area contributed by atoms with Gasteiger partial charge in [-0.05, 0) is 61.1 Å². The number of hydrazine groups is 1. The van der Waals surface area contributed by atoms with Gasteiger partial charge in [0, 0.05) is 28.0 Å². The van der Waals surface area contributed by atoms with E-state index in [1.165, 1.54) is 0 Å². The lowest BCUT2D eigenvalue weighted by Crippen LogP contribution is -2.49. The smallest absolute Gasteiger partial charge is 0.344 e. The number of carbonyl (C=O) groups excluding carboxylic acids is 3. The maximum Gasteiger partial charge on any atom is 0.344 e. The second kappa shape index (κ2) is 10.1. The molecule has 8 heteroatoms. The quantitative estimate of drug-likeness (QED) is 0.275. The van der Waals surface area contributed by atoms with Gasteiger partial charge in [0.25, 0.3) is 5.91 Å². The first-order valence-corrected chi connectivity index (χ1v) is 12.6. The highest BCUT2D eigenvalue weighted by Crippen LogP contribution is 2.31. The normalized spacial score (nSPS) is 17.3. The van der Waals surface area contributed by atoms with E-state index in [2.05, 4.69) is 15.7 Å². The number of imide groups is 1. The number of aryl methyl sites for hydroxylation is 2. The van der Waals surface area contributed by atoms with Gasteiger partial charge >= 0.3 is 6.03 Å². The highest BCUT2D eigenvalue weighted by molar-refractivity contribution is 6.30. The highest BCUT2D eigenvalue weighted by atomic mass is 35.5. The van der Waals surface area contributed by atoms with E-state index in [-0.39, 0.29) is 6.42 Å². The number of carbonyl (C=O) groups is 3. The predicted octanol–water partition coefficient (Wildman–Crippen LogP) is 5.40. The van der Waals surface area contributed by atoms with Crippen molar-refractivity contribution in [2.45, 2.75) is 38.1 Å². The van der Waals surface area contributed by atoms with Crippen molar-refractivity contribution in [2.24, 2.45) is 0 Å². The number of amides is 4. The summed E-state index contributed by atoms with van der Waals surface area (Å²) in [6, 6.07) is 24.6. The van der Waals surface area contributed by atoms with Crippen LogP contribution in [-0.2, 0) is 22.4 Å². The number of fused-ring (bicyclic) bond motifs is 1. The third kappa shape index (κ3) is 5.08. The predicted molar refractivity (Wildman–Crippen MR) is 144 cm³/mol. The minimum absolute atomic E-state index is 0.111. The van der Waals surface area contributed by atoms with Gasteiger partial charge in [0.05, 0.1) is 0 Å². The zero-order valence-corrected chi connectivity index (χ0v) is 21.1. The van der Waals surface area contributed by atoms with Gasteiger partial charge in [-0.3, -0.25) is 15.0 Å². The standard InChI is InChI=1S/C29H27ClN4O3/c1-29(18-17-19-11-13-21(30)14-12-19)27(36)34(28(37)32-29)33-25(35)16-15-23-22-9-5-6-10-24(22)31-26(23)20-7-3-2-4-8-20/h2-14,31H,15-18H2,1H3,(H,32,37)(H,33,35). The van der Waals surface area contributed by atoms with Crippen LogP contribution in [0.25, 0.3) is 22.2 Å². The van der Waals surface area contributed by atoms with Gasteiger partial charge in [-0.2, -0.15) is 5.01 Å². The molecule has 4 aromatic rings. The Morgan fingerprint density at radius 3 is 2.41 bits per heavy atom. The molecule has 3 N–H and O–H groups in total. The van der Waals surface area contributed by atoms with Crippen LogP contribution in [0.5, 0.6) is 0 Å². The molecule has 1 fully saturated rings. The monoisotopic (exact) mass is 514 g/mol. The van der Waals surface area contributed by atoms with Crippen LogP contribution in [0.2, 0.25) is 5.02 Å². The number of H-pyrrole nitrogens is 1. The maximum absolute atomic E-state index is 13.1. The molecular formula is C29H27ClN4O3. The number of hydrogen-bond acceptors (Lipinski definition) is 3. The van der Waals surface area contributed by atoms with Gasteiger partial charge in [-0.1, -0.05) is 72.3 Å². The molecule has 0 aliphatic carbocycles. The van der Waals surface area contributed by atoms with Crippen molar-refractivity contribution in [1.82, 2.24) is 20.7 Å². The van der Waals surface area contributed by atoms with Crippen LogP contribution in [0.4, 0.5) is 4.79 Å². The van der Waals surface area contributed by atoms with E-state index in [1.54, 1.807) is 19.1 Å². The van der Waals surface area contributed by atoms with Crippen LogP contribution in [0.3, 0.4) is 0 Å². The first-order valence-electron chi connectivity index (χ1n) is 12.2. The van der Waals surface area contributed by atoms with E-state index in [0.717, 1.165) is 38.3 Å². The third-order valence-electron chi connectivity index (χ3n) is 6.80. The number of hydrogen-bond donors (Lipinski definition) is 3. The molecule has 3 aromatic carbocycles. The van der Waals surface area contributed by atoms with Crippen LogP contribution < -0.4 is 10.7 Å². The first kappa shape index (κ1) is 24.6. The number of urea groups is 1. The lowest BCUT2D eigenvalue weighted by molar-refractivity contribution is -0.138. The molecule has 1 aliphatic heterocycles. The van der Waals surface area contributed by atoms with Gasteiger partial charge in [0.15, 0.2) is 0 Å². The Kier molecular flexibility index (Phi) is 6.72. The van der Waals surface area contributed by atoms with Gasteiger partial charge in [0.1, 0.15) is 5.54 Å². The molecule has 0 saturated carbocycles. The van der Waals surface area contributed by atoms with E-state index in [0.29, 0.717) is 24.3 Å². The first-order chi connectivity index (χ1) is 17.8. The summed E-state index contributed by atoms with van der Waals surface area (Å²) in [5.74, 6) is -0.883. The van der Waals surface area contributed by atoms with Crippen LogP contribution in [-0.4, -0.2) is 33.4 Å². The molecular weight excluding hydrogens is 488 g/mol. The van der Waals surface area contributed by atoms with Crippen molar-refractivity contribution in [1.29, 1.82) is 0 Å². The van der Waals surface area contributed by atoms with Crippen molar-refractivity contribution < 1.29 is 14.4 Å². The van der Waals surface area contributed by atoms with Crippen LogP contribution in [0, 0.1) is 0 Å². The second-order valence-electron chi connectivity index (χ2n) is 9.45. The van der Waals surface area contributed by atoms with Crippen molar-refractivity contribution in [3.8, 4) is 11.3 Å². The SMILES string of the molecule is CC1(CCc2ccc(Cl)cc2)NC(=O)N(NC(=O)CCc2c(-c3ccccc3)[nH]c3ccccc23)C1=O. The molecule has 37 heavy (non-hydrogen) atoms. The number of para-hydroxylation sites is 1. The van der Waals surface area contributed by atoms with Crippen LogP contribution >= 0.6 is 11.6 Å². The number of aromatic nitrogens is 1. The molecule has 1 atom stereocenters. The molecule has 0 radical (unpaired) electrons. The zero-order chi connectivity index (χ0) is 26.0. The Morgan fingerprint density at radius 1 is 0.946 bits per heavy atom. The summed E-state index contributed by atoms with van der Waals surface area (Å²) in [4.78, 5) is 42.0. The van der Waals surface area contributed by atoms with E-state index in [1.807, 2.05) is 66.7 Å². The van der Waals surface area contributed by atoms with Crippen LogP contribution in [0.1, 0.15) is 30.9 Å². The topological polar surface area (TPSA) is 94.3 Å². The molecule has 4 amide bonds. The zero-order valence-electron chi connectivity index (χ0n) is 20.4. The Bertz CT molecular complexity index is 1470. The average molecular weight is 515 g/mol. The molecule has 1 aliphatic rings. The van der Waals surface area contributed by atoms with Gasteiger partial charge in [-0.15, -0.1) is 0 Å². The van der Waals surface area contributed by atoms with Gasteiger partial charge in [0.2, 0.25) is 5.91 Å². The number of aromatic amines is 1. The minimum atomic E-state index is -1.11. The molecule has 5 rings (SSSR count). The van der Waals surface area contributed by atoms with Crippen molar-refractivity contribution in [2.75, 3.05) is 0 Å². The summed E-state index contributed by atoms with van der Waals surface area (Å²) in [6.07, 6.45) is 1.52. The minimum Gasteiger partial charge on any atom is -0.354 e. The van der Waals surface area contributed by atoms with Gasteiger partial charge in [-0.25, -0.2) is 4.79 Å². The summed E-state index contributed by atoms with van der Waals surface area (Å²) < 4.78 is 0. The Labute approximate surface area is 219 Å². The molecule has 1 aromatic heterocycles. The molecule has 188 valence electrons. The molecule has 0 spiro atoms. The summed E-state index contributed by atoms with van der Waals surface area (Å²) in [7, 11) is 0. The summed E-state index contributed by atoms with van der Waals surface area (Å²) in [6.45, 7) is 1.67. The van der Waals surface area contributed by atoms with E-state index in [4.69, 9.17) is 11.6 Å². The number of nitrogens with one attached hydrogen (secondary N) is 3. The van der Waals surface area contributed by atoms with E-state index in [9.17, 15) is 14.4 Å². The summed E-state index contributed by atoms with van der Waals surface area (Å²) in [5.41, 5.74) is 6.40. The van der Waals surface area contributed by atoms with E-state index < -0.39 is 23.4 Å². The van der Waals surface area contributed by atoms with E-state index >= 15 is 0 Å². The van der Waals surface area contributed by atoms with Gasteiger partial charge < -0.3 is 10.3 Å². The molecule has 1 unspecified atom stereocenters. The largest absolute Gasteiger partial charge is 0.354 e. The fourth-order valence-electron chi connectivity index (χ4n) is 4.73. The third-order valence-corrected chi connectivity index (χ3v) is 7.05. The Balaban J connectivity index is 1.26. The number of nitrogens with zero attached hydrogens (tertiary/aromatic N) is 1. The van der Waals surface area contributed by atoms with Crippen molar-refractivity contribution >= 4 is 40.3 Å². The second-order valence-corrected chi connectivity index (χ2v) is 9.89. The highest BCUT2D eigenvalue weighted by Gasteiger charge is 2.48.